The number of hydrogen-bond donors (Lipinski definition) is 1. The van der Waals surface area contributed by atoms with Crippen molar-refractivity contribution in [2.45, 2.75) is 57.0 Å². The summed E-state index contributed by atoms with van der Waals surface area (Å²) >= 11 is 0. The zero-order valence-corrected chi connectivity index (χ0v) is 18.0. The Kier molecular flexibility index (Phi) is 8.83. The predicted octanol–water partition coefficient (Wildman–Crippen LogP) is 3.75. The fraction of sp³-hybridized carbons (Fsp3) is 0.682. The van der Waals surface area contributed by atoms with Crippen LogP contribution in [0.25, 0.3) is 0 Å². The molecule has 2 heterocycles. The molecule has 2 aliphatic rings. The summed E-state index contributed by atoms with van der Waals surface area (Å²) < 4.78 is 53.2. The lowest BCUT2D eigenvalue weighted by Gasteiger charge is -2.35. The number of aliphatic imine (C=N–C) groups is 1. The lowest BCUT2D eigenvalue weighted by atomic mass is 10.1. The minimum atomic E-state index is -4.34. The number of guanidine groups is 1. The number of benzene rings is 1. The smallest absolute Gasteiger partial charge is 0.422 e. The van der Waals surface area contributed by atoms with E-state index in [1.54, 1.807) is 31.3 Å². The van der Waals surface area contributed by atoms with Gasteiger partial charge in [-0.1, -0.05) is 12.1 Å². The summed E-state index contributed by atoms with van der Waals surface area (Å²) in [5.41, 5.74) is 0.936. The van der Waals surface area contributed by atoms with Crippen LogP contribution in [-0.4, -0.2) is 69.2 Å². The number of piperidine rings is 1. The van der Waals surface area contributed by atoms with Gasteiger partial charge in [-0.25, -0.2) is 0 Å². The fourth-order valence-electron chi connectivity index (χ4n) is 3.80. The Hall–Kier alpha value is -2.00. The third-order valence-electron chi connectivity index (χ3n) is 5.52. The number of ether oxygens (including phenoxy) is 3. The van der Waals surface area contributed by atoms with Crippen molar-refractivity contribution in [3.05, 3.63) is 29.8 Å². The molecule has 0 aliphatic carbocycles. The highest BCUT2D eigenvalue weighted by Gasteiger charge is 2.28. The highest BCUT2D eigenvalue weighted by molar-refractivity contribution is 5.79. The fourth-order valence-corrected chi connectivity index (χ4v) is 3.80. The average molecular weight is 444 g/mol. The monoisotopic (exact) mass is 443 g/mol. The molecule has 3 rings (SSSR count). The highest BCUT2D eigenvalue weighted by atomic mass is 19.4. The summed E-state index contributed by atoms with van der Waals surface area (Å²) in [6, 6.07) is 6.59. The van der Waals surface area contributed by atoms with Crippen molar-refractivity contribution >= 4 is 5.96 Å². The molecule has 1 aromatic rings. The molecule has 0 bridgehead atoms. The lowest BCUT2D eigenvalue weighted by Crippen LogP contribution is -2.47. The lowest BCUT2D eigenvalue weighted by molar-refractivity contribution is -0.153. The quantitative estimate of drug-likeness (QED) is 0.514. The first-order valence-electron chi connectivity index (χ1n) is 10.9. The number of nitrogens with one attached hydrogen (secondary N) is 1. The molecule has 0 spiro atoms. The zero-order valence-electron chi connectivity index (χ0n) is 18.0. The van der Waals surface area contributed by atoms with E-state index in [9.17, 15) is 13.2 Å². The van der Waals surface area contributed by atoms with Crippen molar-refractivity contribution in [3.8, 4) is 5.75 Å². The van der Waals surface area contributed by atoms with E-state index in [4.69, 9.17) is 14.2 Å². The maximum atomic E-state index is 12.2. The minimum absolute atomic E-state index is 0.200. The van der Waals surface area contributed by atoms with Gasteiger partial charge in [-0.05, 0) is 49.8 Å². The molecular weight excluding hydrogens is 411 g/mol. The van der Waals surface area contributed by atoms with Crippen molar-refractivity contribution in [1.29, 1.82) is 0 Å². The van der Waals surface area contributed by atoms with Crippen molar-refractivity contribution < 1.29 is 27.4 Å². The van der Waals surface area contributed by atoms with Crippen LogP contribution in [0.2, 0.25) is 0 Å². The largest absolute Gasteiger partial charge is 0.484 e. The number of likely N-dealkylation sites (tertiary alicyclic amines) is 1. The van der Waals surface area contributed by atoms with E-state index in [0.717, 1.165) is 56.9 Å². The summed E-state index contributed by atoms with van der Waals surface area (Å²) in [5, 5.41) is 3.32. The van der Waals surface area contributed by atoms with Crippen molar-refractivity contribution in [3.63, 3.8) is 0 Å². The van der Waals surface area contributed by atoms with Crippen LogP contribution in [0, 0.1) is 0 Å². The average Bonchev–Trinajstić information content (AvgIpc) is 2.78. The van der Waals surface area contributed by atoms with Crippen LogP contribution in [0.3, 0.4) is 0 Å². The molecule has 2 saturated heterocycles. The van der Waals surface area contributed by atoms with Crippen molar-refractivity contribution in [1.82, 2.24) is 10.2 Å². The van der Waals surface area contributed by atoms with Gasteiger partial charge in [0.15, 0.2) is 12.6 Å². The van der Waals surface area contributed by atoms with Gasteiger partial charge in [0.05, 0.1) is 18.8 Å². The molecule has 0 saturated carbocycles. The first kappa shape index (κ1) is 23.7. The summed E-state index contributed by atoms with van der Waals surface area (Å²) in [4.78, 5) is 6.57. The van der Waals surface area contributed by atoms with Gasteiger partial charge < -0.3 is 24.4 Å². The molecule has 31 heavy (non-hydrogen) atoms. The van der Waals surface area contributed by atoms with E-state index >= 15 is 0 Å². The number of alkyl halides is 3. The second-order valence-electron chi connectivity index (χ2n) is 7.96. The molecule has 0 amide bonds. The first-order chi connectivity index (χ1) is 14.9. The standard InChI is InChI=1S/C22H32F3N3O3/c1-26-21(27-14-17-5-7-18(8-6-17)31-16-22(23,24)25)28-11-9-19(10-12-28)30-15-20-4-2-3-13-29-20/h5-8,19-20H,2-4,9-16H2,1H3,(H,26,27). The van der Waals surface area contributed by atoms with Gasteiger partial charge >= 0.3 is 6.18 Å². The summed E-state index contributed by atoms with van der Waals surface area (Å²) in [7, 11) is 1.75. The number of rotatable bonds is 7. The Balaban J connectivity index is 1.37. The number of hydrogen-bond acceptors (Lipinski definition) is 4. The molecule has 0 aromatic heterocycles. The highest BCUT2D eigenvalue weighted by Crippen LogP contribution is 2.20. The molecule has 1 atom stereocenters. The molecular formula is C22H32F3N3O3. The molecule has 2 fully saturated rings. The molecule has 1 unspecified atom stereocenters. The third-order valence-corrected chi connectivity index (χ3v) is 5.52. The molecule has 0 radical (unpaired) electrons. The van der Waals surface area contributed by atoms with Crippen LogP contribution in [0.5, 0.6) is 5.75 Å². The Bertz CT molecular complexity index is 683. The Morgan fingerprint density at radius 3 is 2.52 bits per heavy atom. The Morgan fingerprint density at radius 1 is 1.16 bits per heavy atom. The zero-order chi connectivity index (χ0) is 22.1. The molecule has 174 valence electrons. The molecule has 9 heteroatoms. The second-order valence-corrected chi connectivity index (χ2v) is 7.96. The van der Waals surface area contributed by atoms with E-state index in [0.29, 0.717) is 13.2 Å². The van der Waals surface area contributed by atoms with E-state index in [1.807, 2.05) is 0 Å². The van der Waals surface area contributed by atoms with Gasteiger partial charge in [-0.2, -0.15) is 13.2 Å². The molecule has 1 aromatic carbocycles. The van der Waals surface area contributed by atoms with Crippen LogP contribution in [0.1, 0.15) is 37.7 Å². The maximum Gasteiger partial charge on any atom is 0.422 e. The van der Waals surface area contributed by atoms with Gasteiger partial charge in [-0.3, -0.25) is 4.99 Å². The van der Waals surface area contributed by atoms with E-state index in [2.05, 4.69) is 15.2 Å². The van der Waals surface area contributed by atoms with E-state index < -0.39 is 12.8 Å². The van der Waals surface area contributed by atoms with Crippen molar-refractivity contribution in [2.24, 2.45) is 4.99 Å². The van der Waals surface area contributed by atoms with Crippen LogP contribution in [-0.2, 0) is 16.0 Å². The SMILES string of the molecule is CN=C(NCc1ccc(OCC(F)(F)F)cc1)N1CCC(OCC2CCCCO2)CC1. The minimum Gasteiger partial charge on any atom is -0.484 e. The molecule has 2 aliphatic heterocycles. The van der Waals surface area contributed by atoms with E-state index in [1.165, 1.54) is 6.42 Å². The molecule has 6 nitrogen and oxygen atoms in total. The van der Waals surface area contributed by atoms with Gasteiger partial charge in [0.25, 0.3) is 0 Å². The van der Waals surface area contributed by atoms with Gasteiger partial charge in [0, 0.05) is 33.3 Å². The van der Waals surface area contributed by atoms with Crippen LogP contribution < -0.4 is 10.1 Å². The topological polar surface area (TPSA) is 55.3 Å². The Morgan fingerprint density at radius 2 is 1.90 bits per heavy atom. The predicted molar refractivity (Wildman–Crippen MR) is 112 cm³/mol. The van der Waals surface area contributed by atoms with Gasteiger partial charge in [-0.15, -0.1) is 0 Å². The van der Waals surface area contributed by atoms with Gasteiger partial charge in [0.1, 0.15) is 5.75 Å². The first-order valence-corrected chi connectivity index (χ1v) is 10.9. The number of halogens is 3. The van der Waals surface area contributed by atoms with E-state index in [-0.39, 0.29) is 18.0 Å². The van der Waals surface area contributed by atoms with Crippen LogP contribution in [0.15, 0.2) is 29.3 Å². The Labute approximate surface area is 181 Å². The summed E-state index contributed by atoms with van der Waals surface area (Å²) in [6.45, 7) is 2.49. The summed E-state index contributed by atoms with van der Waals surface area (Å²) in [6.07, 6.45) is 1.50. The van der Waals surface area contributed by atoms with Gasteiger partial charge in [0.2, 0.25) is 0 Å². The summed E-state index contributed by atoms with van der Waals surface area (Å²) in [5.74, 6) is 1.01. The normalized spacial score (nSPS) is 21.2. The third kappa shape index (κ3) is 8.22. The van der Waals surface area contributed by atoms with Crippen LogP contribution in [0.4, 0.5) is 13.2 Å². The molecule has 1 N–H and O–H groups in total. The second kappa shape index (κ2) is 11.6. The van der Waals surface area contributed by atoms with Crippen molar-refractivity contribution in [2.75, 3.05) is 40.0 Å². The van der Waals surface area contributed by atoms with Crippen LogP contribution >= 0.6 is 0 Å². The number of nitrogens with zero attached hydrogens (tertiary/aromatic N) is 2. The maximum absolute atomic E-state index is 12.2.